The van der Waals surface area contributed by atoms with Crippen molar-refractivity contribution in [2.24, 2.45) is 0 Å². The summed E-state index contributed by atoms with van der Waals surface area (Å²) in [5.41, 5.74) is 2.32. The fourth-order valence-corrected chi connectivity index (χ4v) is 2.00. The van der Waals surface area contributed by atoms with Crippen LogP contribution in [0.25, 0.3) is 0 Å². The molecule has 2 rings (SSSR count). The highest BCUT2D eigenvalue weighted by molar-refractivity contribution is 6.30. The molecular formula is C16H16ClN. The predicted molar refractivity (Wildman–Crippen MR) is 79.1 cm³/mol. The fraction of sp³-hybridized carbons (Fsp3) is 0.125. The summed E-state index contributed by atoms with van der Waals surface area (Å²) >= 11 is 5.88. The predicted octanol–water partition coefficient (Wildman–Crippen LogP) is 5.07. The van der Waals surface area contributed by atoms with E-state index in [0.29, 0.717) is 0 Å². The van der Waals surface area contributed by atoms with Gasteiger partial charge in [-0.05, 0) is 36.2 Å². The molecule has 0 aliphatic carbocycles. The molecule has 0 aliphatic heterocycles. The highest BCUT2D eigenvalue weighted by Crippen LogP contribution is 2.23. The van der Waals surface area contributed by atoms with E-state index in [2.05, 4.69) is 36.2 Å². The Labute approximate surface area is 113 Å². The molecule has 1 unspecified atom stereocenters. The molecule has 1 atom stereocenters. The average Bonchev–Trinajstić information content (AvgIpc) is 2.42. The summed E-state index contributed by atoms with van der Waals surface area (Å²) in [7, 11) is 0. The van der Waals surface area contributed by atoms with Crippen LogP contribution in [-0.2, 0) is 0 Å². The summed E-state index contributed by atoms with van der Waals surface area (Å²) in [6.45, 7) is 3.82. The van der Waals surface area contributed by atoms with Gasteiger partial charge in [0.25, 0.3) is 0 Å². The Bertz CT molecular complexity index is 490. The van der Waals surface area contributed by atoms with Crippen LogP contribution >= 0.6 is 11.6 Å². The van der Waals surface area contributed by atoms with Crippen LogP contribution in [0.1, 0.15) is 18.0 Å². The van der Waals surface area contributed by atoms with E-state index >= 15 is 0 Å². The van der Waals surface area contributed by atoms with Crippen molar-refractivity contribution in [3.63, 3.8) is 0 Å². The Balaban J connectivity index is 2.16. The zero-order valence-corrected chi connectivity index (χ0v) is 10.9. The topological polar surface area (TPSA) is 12.0 Å². The Morgan fingerprint density at radius 3 is 2.33 bits per heavy atom. The summed E-state index contributed by atoms with van der Waals surface area (Å²) in [5, 5.41) is 4.24. The molecule has 1 nitrogen and oxygen atoms in total. The zero-order valence-electron chi connectivity index (χ0n) is 10.1. The molecule has 0 spiro atoms. The summed E-state index contributed by atoms with van der Waals surface area (Å²) in [6.07, 6.45) is 2.81. The third-order valence-electron chi connectivity index (χ3n) is 2.79. The minimum absolute atomic E-state index is 0.241. The third-order valence-corrected chi connectivity index (χ3v) is 3.04. The van der Waals surface area contributed by atoms with Crippen molar-refractivity contribution in [3.05, 3.63) is 77.8 Å². The summed E-state index contributed by atoms with van der Waals surface area (Å²) in [6, 6.07) is 18.4. The molecule has 0 aromatic heterocycles. The second-order valence-electron chi connectivity index (χ2n) is 4.14. The molecule has 2 aromatic rings. The molecule has 92 valence electrons. The normalized spacial score (nSPS) is 11.8. The molecule has 0 saturated carbocycles. The van der Waals surface area contributed by atoms with Gasteiger partial charge in [0.2, 0.25) is 0 Å². The Morgan fingerprint density at radius 1 is 1.06 bits per heavy atom. The molecule has 0 saturated heterocycles. The summed E-state index contributed by atoms with van der Waals surface area (Å²) in [4.78, 5) is 0. The Morgan fingerprint density at radius 2 is 1.72 bits per heavy atom. The lowest BCUT2D eigenvalue weighted by Crippen LogP contribution is -2.09. The van der Waals surface area contributed by atoms with Crippen molar-refractivity contribution in [1.29, 1.82) is 0 Å². The van der Waals surface area contributed by atoms with Crippen LogP contribution in [0.15, 0.2) is 67.3 Å². The van der Waals surface area contributed by atoms with Crippen molar-refractivity contribution >= 4 is 17.3 Å². The Hall–Kier alpha value is -1.73. The van der Waals surface area contributed by atoms with Crippen LogP contribution < -0.4 is 5.32 Å². The number of anilines is 1. The van der Waals surface area contributed by atoms with E-state index in [-0.39, 0.29) is 6.04 Å². The van der Waals surface area contributed by atoms with Gasteiger partial charge in [0.1, 0.15) is 0 Å². The smallest absolute Gasteiger partial charge is 0.0548 e. The SMILES string of the molecule is C=CCC(Nc1ccc(Cl)cc1)c1ccccc1. The monoisotopic (exact) mass is 257 g/mol. The van der Waals surface area contributed by atoms with Crippen LogP contribution in [-0.4, -0.2) is 0 Å². The molecule has 2 heteroatoms. The maximum Gasteiger partial charge on any atom is 0.0548 e. The molecule has 0 aliphatic rings. The van der Waals surface area contributed by atoms with Gasteiger partial charge in [-0.25, -0.2) is 0 Å². The molecular weight excluding hydrogens is 242 g/mol. The van der Waals surface area contributed by atoms with Crippen LogP contribution in [0, 0.1) is 0 Å². The molecule has 0 amide bonds. The van der Waals surface area contributed by atoms with E-state index in [9.17, 15) is 0 Å². The van der Waals surface area contributed by atoms with E-state index in [0.717, 1.165) is 17.1 Å². The quantitative estimate of drug-likeness (QED) is 0.738. The van der Waals surface area contributed by atoms with Gasteiger partial charge in [-0.1, -0.05) is 48.0 Å². The standard InChI is InChI=1S/C16H16ClN/c1-2-6-16(13-7-4-3-5-8-13)18-15-11-9-14(17)10-12-15/h2-5,7-12,16,18H,1,6H2. The number of rotatable bonds is 5. The largest absolute Gasteiger partial charge is 0.378 e. The number of hydrogen-bond donors (Lipinski definition) is 1. The number of nitrogens with one attached hydrogen (secondary N) is 1. The van der Waals surface area contributed by atoms with Crippen molar-refractivity contribution in [2.75, 3.05) is 5.32 Å². The molecule has 18 heavy (non-hydrogen) atoms. The van der Waals surface area contributed by atoms with E-state index in [4.69, 9.17) is 11.6 Å². The highest BCUT2D eigenvalue weighted by Gasteiger charge is 2.08. The fourth-order valence-electron chi connectivity index (χ4n) is 1.88. The van der Waals surface area contributed by atoms with Crippen LogP contribution in [0.3, 0.4) is 0 Å². The van der Waals surface area contributed by atoms with Gasteiger partial charge in [-0.15, -0.1) is 6.58 Å². The summed E-state index contributed by atoms with van der Waals surface area (Å²) in [5.74, 6) is 0. The van der Waals surface area contributed by atoms with Crippen molar-refractivity contribution in [3.8, 4) is 0 Å². The first-order valence-electron chi connectivity index (χ1n) is 5.97. The molecule has 2 aromatic carbocycles. The van der Waals surface area contributed by atoms with Crippen LogP contribution in [0.5, 0.6) is 0 Å². The van der Waals surface area contributed by atoms with E-state index in [1.54, 1.807) is 0 Å². The lowest BCUT2D eigenvalue weighted by atomic mass is 10.0. The minimum atomic E-state index is 0.241. The van der Waals surface area contributed by atoms with Gasteiger partial charge in [-0.3, -0.25) is 0 Å². The van der Waals surface area contributed by atoms with E-state index in [1.807, 2.05) is 36.4 Å². The number of hydrogen-bond acceptors (Lipinski definition) is 1. The van der Waals surface area contributed by atoms with Crippen LogP contribution in [0.2, 0.25) is 5.02 Å². The first-order chi connectivity index (χ1) is 8.79. The van der Waals surface area contributed by atoms with Gasteiger partial charge in [0, 0.05) is 10.7 Å². The average molecular weight is 258 g/mol. The van der Waals surface area contributed by atoms with E-state index < -0.39 is 0 Å². The molecule has 0 bridgehead atoms. The van der Waals surface area contributed by atoms with Gasteiger partial charge in [-0.2, -0.15) is 0 Å². The number of benzene rings is 2. The highest BCUT2D eigenvalue weighted by atomic mass is 35.5. The molecule has 0 heterocycles. The van der Waals surface area contributed by atoms with Gasteiger partial charge in [0.05, 0.1) is 6.04 Å². The zero-order chi connectivity index (χ0) is 12.8. The van der Waals surface area contributed by atoms with Gasteiger partial charge < -0.3 is 5.32 Å². The maximum atomic E-state index is 5.88. The summed E-state index contributed by atoms with van der Waals surface area (Å²) < 4.78 is 0. The first kappa shape index (κ1) is 12.7. The second-order valence-corrected chi connectivity index (χ2v) is 4.58. The van der Waals surface area contributed by atoms with Crippen LogP contribution in [0.4, 0.5) is 5.69 Å². The molecule has 0 radical (unpaired) electrons. The number of halogens is 1. The van der Waals surface area contributed by atoms with Crippen molar-refractivity contribution < 1.29 is 0 Å². The second kappa shape index (κ2) is 6.27. The molecule has 1 N–H and O–H groups in total. The Kier molecular flexibility index (Phi) is 4.43. The third kappa shape index (κ3) is 3.38. The first-order valence-corrected chi connectivity index (χ1v) is 6.35. The van der Waals surface area contributed by atoms with E-state index in [1.165, 1.54) is 5.56 Å². The maximum absolute atomic E-state index is 5.88. The lowest BCUT2D eigenvalue weighted by molar-refractivity contribution is 0.799. The lowest BCUT2D eigenvalue weighted by Gasteiger charge is -2.19. The van der Waals surface area contributed by atoms with Crippen molar-refractivity contribution in [1.82, 2.24) is 0 Å². The minimum Gasteiger partial charge on any atom is -0.378 e. The van der Waals surface area contributed by atoms with Gasteiger partial charge >= 0.3 is 0 Å². The van der Waals surface area contributed by atoms with Gasteiger partial charge in [0.15, 0.2) is 0 Å². The van der Waals surface area contributed by atoms with Crippen molar-refractivity contribution in [2.45, 2.75) is 12.5 Å². The molecule has 0 fully saturated rings.